The zero-order valence-electron chi connectivity index (χ0n) is 7.91. The largest absolute Gasteiger partial charge is 0.326 e. The summed E-state index contributed by atoms with van der Waals surface area (Å²) in [5, 5.41) is 5.35. The van der Waals surface area contributed by atoms with Gasteiger partial charge in [-0.2, -0.15) is 5.10 Å². The van der Waals surface area contributed by atoms with Crippen LogP contribution >= 0.6 is 0 Å². The molecule has 0 bridgehead atoms. The minimum atomic E-state index is 0.594. The molecule has 0 aliphatic carbocycles. The summed E-state index contributed by atoms with van der Waals surface area (Å²) < 4.78 is 1.88. The van der Waals surface area contributed by atoms with Crippen LogP contribution < -0.4 is 5.73 Å². The van der Waals surface area contributed by atoms with Gasteiger partial charge in [-0.05, 0) is 30.2 Å². The van der Waals surface area contributed by atoms with E-state index >= 15 is 0 Å². The van der Waals surface area contributed by atoms with E-state index in [1.54, 1.807) is 0 Å². The third kappa shape index (κ3) is 1.21. The number of rotatable bonds is 1. The summed E-state index contributed by atoms with van der Waals surface area (Å²) in [6.45, 7) is 2.67. The molecule has 1 heterocycles. The molecule has 0 unspecified atom stereocenters. The average Bonchev–Trinajstić information content (AvgIpc) is 2.47. The van der Waals surface area contributed by atoms with Gasteiger partial charge in [0.15, 0.2) is 0 Å². The molecule has 1 aromatic carbocycles. The van der Waals surface area contributed by atoms with E-state index in [4.69, 9.17) is 5.73 Å². The minimum absolute atomic E-state index is 0.594. The van der Waals surface area contributed by atoms with Crippen molar-refractivity contribution < 1.29 is 0 Å². The molecular formula is C10H13N3. The van der Waals surface area contributed by atoms with Crippen LogP contribution in [0.15, 0.2) is 18.3 Å². The number of benzene rings is 1. The second kappa shape index (κ2) is 2.85. The number of hydrogen-bond acceptors (Lipinski definition) is 2. The molecular weight excluding hydrogens is 162 g/mol. The molecule has 2 N–H and O–H groups in total. The Hall–Kier alpha value is -1.35. The van der Waals surface area contributed by atoms with Crippen LogP contribution in [0.1, 0.15) is 11.1 Å². The number of nitrogens with two attached hydrogens (primary N) is 1. The SMILES string of the molecule is Cc1cc2c(cnn2C)cc1CN. The Morgan fingerprint density at radius 3 is 2.92 bits per heavy atom. The summed E-state index contributed by atoms with van der Waals surface area (Å²) in [5.74, 6) is 0. The third-order valence-corrected chi connectivity index (χ3v) is 2.42. The van der Waals surface area contributed by atoms with Crippen LogP contribution in [0, 0.1) is 6.92 Å². The quantitative estimate of drug-likeness (QED) is 0.710. The van der Waals surface area contributed by atoms with Gasteiger partial charge in [0.2, 0.25) is 0 Å². The van der Waals surface area contributed by atoms with Crippen LogP contribution in [0.2, 0.25) is 0 Å². The molecule has 0 saturated heterocycles. The highest BCUT2D eigenvalue weighted by molar-refractivity contribution is 5.80. The summed E-state index contributed by atoms with van der Waals surface area (Å²) in [4.78, 5) is 0. The van der Waals surface area contributed by atoms with Gasteiger partial charge in [0, 0.05) is 19.0 Å². The van der Waals surface area contributed by atoms with E-state index in [0.717, 1.165) is 10.9 Å². The molecule has 0 aliphatic rings. The fourth-order valence-electron chi connectivity index (χ4n) is 1.57. The zero-order chi connectivity index (χ0) is 9.42. The van der Waals surface area contributed by atoms with Crippen LogP contribution in [0.3, 0.4) is 0 Å². The maximum atomic E-state index is 5.62. The molecule has 0 amide bonds. The van der Waals surface area contributed by atoms with Crippen LogP contribution in [0.5, 0.6) is 0 Å². The van der Waals surface area contributed by atoms with Gasteiger partial charge >= 0.3 is 0 Å². The van der Waals surface area contributed by atoms with Gasteiger partial charge in [-0.3, -0.25) is 4.68 Å². The van der Waals surface area contributed by atoms with Crippen molar-refractivity contribution in [1.29, 1.82) is 0 Å². The Balaban J connectivity index is 2.76. The van der Waals surface area contributed by atoms with Crippen molar-refractivity contribution in [2.24, 2.45) is 12.8 Å². The lowest BCUT2D eigenvalue weighted by atomic mass is 10.1. The van der Waals surface area contributed by atoms with Crippen LogP contribution in [0.4, 0.5) is 0 Å². The van der Waals surface area contributed by atoms with Crippen LogP contribution in [-0.2, 0) is 13.6 Å². The van der Waals surface area contributed by atoms with E-state index in [1.165, 1.54) is 11.1 Å². The van der Waals surface area contributed by atoms with E-state index in [0.29, 0.717) is 6.54 Å². The van der Waals surface area contributed by atoms with Crippen molar-refractivity contribution in [3.05, 3.63) is 29.5 Å². The topological polar surface area (TPSA) is 43.8 Å². The highest BCUT2D eigenvalue weighted by Gasteiger charge is 2.02. The lowest BCUT2D eigenvalue weighted by Gasteiger charge is -2.03. The van der Waals surface area contributed by atoms with E-state index in [2.05, 4.69) is 24.2 Å². The van der Waals surface area contributed by atoms with E-state index in [-0.39, 0.29) is 0 Å². The highest BCUT2D eigenvalue weighted by atomic mass is 15.2. The molecule has 0 atom stereocenters. The van der Waals surface area contributed by atoms with Crippen LogP contribution in [-0.4, -0.2) is 9.78 Å². The standard InChI is InChI=1S/C10H13N3/c1-7-3-10-9(4-8(7)5-11)6-12-13(10)2/h3-4,6H,5,11H2,1-2H3. The first kappa shape index (κ1) is 8.26. The Morgan fingerprint density at radius 2 is 2.23 bits per heavy atom. The van der Waals surface area contributed by atoms with Gasteiger partial charge in [0.05, 0.1) is 11.7 Å². The maximum absolute atomic E-state index is 5.62. The smallest absolute Gasteiger partial charge is 0.0681 e. The lowest BCUT2D eigenvalue weighted by Crippen LogP contribution is -1.99. The number of aryl methyl sites for hydroxylation is 2. The summed E-state index contributed by atoms with van der Waals surface area (Å²) >= 11 is 0. The molecule has 2 rings (SSSR count). The predicted octanol–water partition coefficient (Wildman–Crippen LogP) is 1.34. The fraction of sp³-hybridized carbons (Fsp3) is 0.300. The van der Waals surface area contributed by atoms with E-state index < -0.39 is 0 Å². The molecule has 0 fully saturated rings. The molecule has 13 heavy (non-hydrogen) atoms. The van der Waals surface area contributed by atoms with Gasteiger partial charge in [-0.15, -0.1) is 0 Å². The van der Waals surface area contributed by atoms with E-state index in [1.807, 2.05) is 17.9 Å². The Morgan fingerprint density at radius 1 is 1.46 bits per heavy atom. The van der Waals surface area contributed by atoms with Crippen molar-refractivity contribution in [2.75, 3.05) is 0 Å². The number of nitrogens with zero attached hydrogens (tertiary/aromatic N) is 2. The average molecular weight is 175 g/mol. The van der Waals surface area contributed by atoms with Crippen molar-refractivity contribution >= 4 is 10.9 Å². The second-order valence-electron chi connectivity index (χ2n) is 3.31. The fourth-order valence-corrected chi connectivity index (χ4v) is 1.57. The molecule has 3 heteroatoms. The van der Waals surface area contributed by atoms with Crippen molar-refractivity contribution in [2.45, 2.75) is 13.5 Å². The summed E-state index contributed by atoms with van der Waals surface area (Å²) in [7, 11) is 1.95. The molecule has 1 aromatic heterocycles. The third-order valence-electron chi connectivity index (χ3n) is 2.42. The Kier molecular flexibility index (Phi) is 1.81. The Labute approximate surface area is 77.2 Å². The summed E-state index contributed by atoms with van der Waals surface area (Å²) in [6.07, 6.45) is 1.87. The highest BCUT2D eigenvalue weighted by Crippen LogP contribution is 2.18. The molecule has 2 aromatic rings. The minimum Gasteiger partial charge on any atom is -0.326 e. The Bertz CT molecular complexity index is 443. The maximum Gasteiger partial charge on any atom is 0.0681 e. The normalized spacial score (nSPS) is 11.0. The summed E-state index contributed by atoms with van der Waals surface area (Å²) in [5.41, 5.74) is 9.21. The second-order valence-corrected chi connectivity index (χ2v) is 3.31. The van der Waals surface area contributed by atoms with Gasteiger partial charge < -0.3 is 5.73 Å². The molecule has 68 valence electrons. The first-order chi connectivity index (χ1) is 6.22. The van der Waals surface area contributed by atoms with Crippen molar-refractivity contribution in [3.63, 3.8) is 0 Å². The van der Waals surface area contributed by atoms with Gasteiger partial charge in [-0.25, -0.2) is 0 Å². The van der Waals surface area contributed by atoms with Crippen molar-refractivity contribution in [3.8, 4) is 0 Å². The van der Waals surface area contributed by atoms with Gasteiger partial charge in [-0.1, -0.05) is 0 Å². The molecule has 0 spiro atoms. The first-order valence-electron chi connectivity index (χ1n) is 4.33. The summed E-state index contributed by atoms with van der Waals surface area (Å²) in [6, 6.07) is 4.24. The van der Waals surface area contributed by atoms with E-state index in [9.17, 15) is 0 Å². The number of aromatic nitrogens is 2. The molecule has 0 radical (unpaired) electrons. The van der Waals surface area contributed by atoms with Gasteiger partial charge in [0.25, 0.3) is 0 Å². The van der Waals surface area contributed by atoms with Crippen molar-refractivity contribution in [1.82, 2.24) is 9.78 Å². The molecule has 3 nitrogen and oxygen atoms in total. The first-order valence-corrected chi connectivity index (χ1v) is 4.33. The van der Waals surface area contributed by atoms with Gasteiger partial charge in [0.1, 0.15) is 0 Å². The van der Waals surface area contributed by atoms with Crippen LogP contribution in [0.25, 0.3) is 10.9 Å². The number of hydrogen-bond donors (Lipinski definition) is 1. The molecule has 0 aliphatic heterocycles. The lowest BCUT2D eigenvalue weighted by molar-refractivity contribution is 0.796. The number of fused-ring (bicyclic) bond motifs is 1. The monoisotopic (exact) mass is 175 g/mol. The zero-order valence-corrected chi connectivity index (χ0v) is 7.91. The predicted molar refractivity (Wildman–Crippen MR) is 53.3 cm³/mol. The molecule has 0 saturated carbocycles.